The quantitative estimate of drug-likeness (QED) is 0.734. The molecule has 160 valence electrons. The summed E-state index contributed by atoms with van der Waals surface area (Å²) in [4.78, 5) is 27.3. The van der Waals surface area contributed by atoms with E-state index < -0.39 is 33.8 Å². The van der Waals surface area contributed by atoms with Gasteiger partial charge in [-0.25, -0.2) is 12.8 Å². The molecule has 2 fully saturated rings. The molecular formula is C19H27FN4O4S. The number of halogens is 1. The number of amides is 2. The molecule has 1 heterocycles. The maximum Gasteiger partial charge on any atom is 0.259 e. The fourth-order valence-electron chi connectivity index (χ4n) is 3.96. The summed E-state index contributed by atoms with van der Waals surface area (Å²) in [5, 5.41) is 2.89. The summed E-state index contributed by atoms with van der Waals surface area (Å²) in [6, 6.07) is 5.14. The third kappa shape index (κ3) is 5.12. The fourth-order valence-corrected chi connectivity index (χ4v) is 4.99. The van der Waals surface area contributed by atoms with Gasteiger partial charge in [0.2, 0.25) is 10.0 Å². The minimum atomic E-state index is -3.74. The molecule has 8 nitrogen and oxygen atoms in total. The Morgan fingerprint density at radius 1 is 1.17 bits per heavy atom. The van der Waals surface area contributed by atoms with Gasteiger partial charge in [0.05, 0.1) is 6.26 Å². The van der Waals surface area contributed by atoms with Gasteiger partial charge >= 0.3 is 0 Å². The molecule has 2 amide bonds. The van der Waals surface area contributed by atoms with Crippen LogP contribution < -0.4 is 11.1 Å². The monoisotopic (exact) mass is 426 g/mol. The Hall–Kier alpha value is -2.04. The minimum Gasteiger partial charge on any atom is -0.350 e. The van der Waals surface area contributed by atoms with Crippen molar-refractivity contribution in [3.05, 3.63) is 35.6 Å². The van der Waals surface area contributed by atoms with Gasteiger partial charge in [-0.15, -0.1) is 0 Å². The van der Waals surface area contributed by atoms with Crippen LogP contribution in [0.25, 0.3) is 0 Å². The summed E-state index contributed by atoms with van der Waals surface area (Å²) in [7, 11) is -3.74. The SMILES string of the molecule is CS(=O)(=O)N1CCCN(C(=O)c2cccc(F)c2)C1C(=O)NC1CCC(N)CC1. The van der Waals surface area contributed by atoms with Gasteiger partial charge < -0.3 is 16.0 Å². The lowest BCUT2D eigenvalue weighted by molar-refractivity contribution is -0.131. The number of nitrogens with two attached hydrogens (primary N) is 1. The van der Waals surface area contributed by atoms with Crippen LogP contribution in [-0.2, 0) is 14.8 Å². The van der Waals surface area contributed by atoms with Crippen LogP contribution in [-0.4, -0.2) is 67.0 Å². The molecule has 10 heteroatoms. The first kappa shape index (κ1) is 21.7. The molecule has 0 bridgehead atoms. The Labute approximate surface area is 170 Å². The van der Waals surface area contributed by atoms with Gasteiger partial charge in [0, 0.05) is 30.7 Å². The van der Waals surface area contributed by atoms with Crippen LogP contribution in [0.1, 0.15) is 42.5 Å². The van der Waals surface area contributed by atoms with E-state index in [1.54, 1.807) is 0 Å². The van der Waals surface area contributed by atoms with Crippen LogP contribution in [0.15, 0.2) is 24.3 Å². The van der Waals surface area contributed by atoms with E-state index in [1.165, 1.54) is 23.1 Å². The minimum absolute atomic E-state index is 0.0711. The largest absolute Gasteiger partial charge is 0.350 e. The normalized spacial score (nSPS) is 26.2. The summed E-state index contributed by atoms with van der Waals surface area (Å²) < 4.78 is 39.3. The molecule has 0 radical (unpaired) electrons. The summed E-state index contributed by atoms with van der Waals surface area (Å²) in [6.07, 6.45) is 3.06. The molecule has 0 aromatic heterocycles. The molecule has 3 rings (SSSR count). The van der Waals surface area contributed by atoms with E-state index in [0.717, 1.165) is 29.5 Å². The molecule has 1 aromatic carbocycles. The predicted octanol–water partition coefficient (Wildman–Crippen LogP) is 0.645. The van der Waals surface area contributed by atoms with Crippen molar-refractivity contribution in [1.82, 2.24) is 14.5 Å². The summed E-state index contributed by atoms with van der Waals surface area (Å²) >= 11 is 0. The number of nitrogens with zero attached hydrogens (tertiary/aromatic N) is 2. The van der Waals surface area contributed by atoms with Crippen molar-refractivity contribution < 1.29 is 22.4 Å². The standard InChI is InChI=1S/C19H27FN4O4S/c1-29(27,28)24-11-3-10-23(19(26)13-4-2-5-14(20)12-13)18(24)17(25)22-16-8-6-15(21)7-9-16/h2,4-5,12,15-16,18H,3,6-11,21H2,1H3,(H,22,25). The van der Waals surface area contributed by atoms with Crippen molar-refractivity contribution in [3.63, 3.8) is 0 Å². The lowest BCUT2D eigenvalue weighted by Crippen LogP contribution is -2.64. The Morgan fingerprint density at radius 3 is 2.48 bits per heavy atom. The van der Waals surface area contributed by atoms with E-state index in [2.05, 4.69) is 5.32 Å². The predicted molar refractivity (Wildman–Crippen MR) is 106 cm³/mol. The highest BCUT2D eigenvalue weighted by Crippen LogP contribution is 2.23. The third-order valence-electron chi connectivity index (χ3n) is 5.46. The molecule has 3 N–H and O–H groups in total. The lowest BCUT2D eigenvalue weighted by Gasteiger charge is -2.42. The number of benzene rings is 1. The fraction of sp³-hybridized carbons (Fsp3) is 0.579. The molecule has 1 aliphatic carbocycles. The number of nitrogens with one attached hydrogen (secondary N) is 1. The van der Waals surface area contributed by atoms with Crippen molar-refractivity contribution in [2.75, 3.05) is 19.3 Å². The zero-order chi connectivity index (χ0) is 21.2. The van der Waals surface area contributed by atoms with Crippen molar-refractivity contribution in [2.24, 2.45) is 5.73 Å². The molecule has 0 spiro atoms. The molecule has 1 saturated heterocycles. The second-order valence-electron chi connectivity index (χ2n) is 7.73. The van der Waals surface area contributed by atoms with Crippen molar-refractivity contribution in [1.29, 1.82) is 0 Å². The zero-order valence-corrected chi connectivity index (χ0v) is 17.2. The summed E-state index contributed by atoms with van der Waals surface area (Å²) in [6.45, 7) is 0.342. The number of hydrogen-bond donors (Lipinski definition) is 2. The van der Waals surface area contributed by atoms with Crippen molar-refractivity contribution >= 4 is 21.8 Å². The number of rotatable bonds is 4. The Bertz CT molecular complexity index is 871. The first-order chi connectivity index (χ1) is 13.7. The third-order valence-corrected chi connectivity index (χ3v) is 6.69. The topological polar surface area (TPSA) is 113 Å². The van der Waals surface area contributed by atoms with Crippen LogP contribution in [0.3, 0.4) is 0 Å². The number of carbonyl (C=O) groups excluding carboxylic acids is 2. The maximum atomic E-state index is 13.6. The second-order valence-corrected chi connectivity index (χ2v) is 9.67. The van der Waals surface area contributed by atoms with Crippen LogP contribution in [0.4, 0.5) is 4.39 Å². The molecule has 1 saturated carbocycles. The smallest absolute Gasteiger partial charge is 0.259 e. The Kier molecular flexibility index (Phi) is 6.55. The van der Waals surface area contributed by atoms with Gasteiger partial charge in [0.15, 0.2) is 6.17 Å². The average Bonchev–Trinajstić information content (AvgIpc) is 2.68. The van der Waals surface area contributed by atoms with Crippen LogP contribution in [0, 0.1) is 5.82 Å². The van der Waals surface area contributed by atoms with Crippen LogP contribution in [0.5, 0.6) is 0 Å². The molecule has 1 atom stereocenters. The first-order valence-electron chi connectivity index (χ1n) is 9.76. The van der Waals surface area contributed by atoms with E-state index >= 15 is 0 Å². The highest BCUT2D eigenvalue weighted by molar-refractivity contribution is 7.88. The second kappa shape index (κ2) is 8.76. The summed E-state index contributed by atoms with van der Waals surface area (Å²) in [5.74, 6) is -1.70. The molecule has 29 heavy (non-hydrogen) atoms. The van der Waals surface area contributed by atoms with E-state index in [9.17, 15) is 22.4 Å². The van der Waals surface area contributed by atoms with E-state index in [-0.39, 0.29) is 30.7 Å². The average molecular weight is 427 g/mol. The molecule has 2 aliphatic rings. The van der Waals surface area contributed by atoms with Gasteiger partial charge in [-0.3, -0.25) is 9.59 Å². The van der Waals surface area contributed by atoms with Gasteiger partial charge in [0.1, 0.15) is 5.82 Å². The zero-order valence-electron chi connectivity index (χ0n) is 16.4. The van der Waals surface area contributed by atoms with Gasteiger partial charge in [-0.2, -0.15) is 4.31 Å². The van der Waals surface area contributed by atoms with Gasteiger partial charge in [0.25, 0.3) is 11.8 Å². The van der Waals surface area contributed by atoms with Crippen LogP contribution in [0.2, 0.25) is 0 Å². The molecule has 1 aromatic rings. The van der Waals surface area contributed by atoms with E-state index in [0.29, 0.717) is 19.3 Å². The van der Waals surface area contributed by atoms with Crippen molar-refractivity contribution in [3.8, 4) is 0 Å². The molecule has 1 unspecified atom stereocenters. The van der Waals surface area contributed by atoms with Crippen molar-refractivity contribution in [2.45, 2.75) is 50.4 Å². The number of sulfonamides is 1. The number of hydrogen-bond acceptors (Lipinski definition) is 5. The maximum absolute atomic E-state index is 13.6. The lowest BCUT2D eigenvalue weighted by atomic mass is 9.92. The van der Waals surface area contributed by atoms with E-state index in [4.69, 9.17) is 5.73 Å². The number of carbonyl (C=O) groups is 2. The molecular weight excluding hydrogens is 399 g/mol. The van der Waals surface area contributed by atoms with E-state index in [1.807, 2.05) is 0 Å². The summed E-state index contributed by atoms with van der Waals surface area (Å²) in [5.41, 5.74) is 5.98. The van der Waals surface area contributed by atoms with Crippen LogP contribution >= 0.6 is 0 Å². The Morgan fingerprint density at radius 2 is 1.86 bits per heavy atom. The van der Waals surface area contributed by atoms with Gasteiger partial charge in [-0.05, 0) is 50.3 Å². The Balaban J connectivity index is 1.87. The van der Waals surface area contributed by atoms with Gasteiger partial charge in [-0.1, -0.05) is 6.07 Å². The highest BCUT2D eigenvalue weighted by atomic mass is 32.2. The highest BCUT2D eigenvalue weighted by Gasteiger charge is 2.43. The first-order valence-corrected chi connectivity index (χ1v) is 11.6. The molecule has 1 aliphatic heterocycles.